The average Bonchev–Trinajstić information content (AvgIpc) is 3.33. The van der Waals surface area contributed by atoms with Crippen molar-refractivity contribution in [3.8, 4) is 0 Å². The van der Waals surface area contributed by atoms with E-state index in [0.29, 0.717) is 22.3 Å². The van der Waals surface area contributed by atoms with Crippen molar-refractivity contribution in [2.45, 2.75) is 44.2 Å². The van der Waals surface area contributed by atoms with E-state index in [1.54, 1.807) is 14.1 Å². The lowest BCUT2D eigenvalue weighted by molar-refractivity contribution is -0.132. The normalized spacial score (nSPS) is 16.1. The molecule has 23 heavy (non-hydrogen) atoms. The second kappa shape index (κ2) is 7.73. The first-order chi connectivity index (χ1) is 10.8. The van der Waals surface area contributed by atoms with Crippen molar-refractivity contribution in [1.29, 1.82) is 0 Å². The summed E-state index contributed by atoms with van der Waals surface area (Å²) >= 11 is 10.3. The monoisotopic (exact) mass is 358 g/mol. The minimum atomic E-state index is -0.445. The largest absolute Gasteiger partial charge is 0.358 e. The molecule has 2 aliphatic carbocycles. The molecular weight excluding hydrogens is 336 g/mol. The van der Waals surface area contributed by atoms with Crippen LogP contribution in [0.5, 0.6) is 0 Å². The van der Waals surface area contributed by atoms with Crippen LogP contribution in [-0.2, 0) is 9.59 Å². The van der Waals surface area contributed by atoms with Crippen LogP contribution < -0.4 is 21.5 Å². The molecule has 2 saturated carbocycles. The summed E-state index contributed by atoms with van der Waals surface area (Å²) in [5.74, 6) is -0.890. The van der Waals surface area contributed by atoms with Crippen molar-refractivity contribution in [2.75, 3.05) is 14.1 Å². The summed E-state index contributed by atoms with van der Waals surface area (Å²) in [4.78, 5) is 23.7. The summed E-state index contributed by atoms with van der Waals surface area (Å²) in [6, 6.07) is 0.803. The third-order valence-electron chi connectivity index (χ3n) is 3.33. The van der Waals surface area contributed by atoms with Crippen molar-refractivity contribution in [3.63, 3.8) is 0 Å². The van der Waals surface area contributed by atoms with Gasteiger partial charge in [0.2, 0.25) is 11.8 Å². The molecule has 0 aliphatic heterocycles. The average molecular weight is 358 g/mol. The Morgan fingerprint density at radius 2 is 1.22 bits per heavy atom. The fraction of sp³-hybridized carbons (Fsp3) is 0.692. The smallest absolute Gasteiger partial charge is 0.248 e. The molecule has 0 aromatic heterocycles. The van der Waals surface area contributed by atoms with Gasteiger partial charge in [-0.05, 0) is 50.1 Å². The van der Waals surface area contributed by atoms with Crippen LogP contribution in [0.15, 0.2) is 0 Å². The number of amides is 2. The number of carbonyl (C=O) groups excluding carboxylic acids is 2. The SMILES string of the molecule is CN(NC(=O)CC(=O)NN(C)C(=S)NC1CC1)C(=S)NC1CC1. The molecular formula is C13H22N6O2S2. The highest BCUT2D eigenvalue weighted by Gasteiger charge is 2.25. The minimum absolute atomic E-state index is 0.313. The van der Waals surface area contributed by atoms with Gasteiger partial charge in [0.25, 0.3) is 0 Å². The molecule has 2 aliphatic rings. The van der Waals surface area contributed by atoms with Crippen molar-refractivity contribution in [2.24, 2.45) is 0 Å². The fourth-order valence-corrected chi connectivity index (χ4v) is 2.12. The molecule has 0 atom stereocenters. The zero-order valence-electron chi connectivity index (χ0n) is 13.2. The van der Waals surface area contributed by atoms with E-state index in [9.17, 15) is 9.59 Å². The van der Waals surface area contributed by atoms with E-state index in [2.05, 4.69) is 21.5 Å². The molecule has 0 spiro atoms. The Kier molecular flexibility index (Phi) is 5.94. The van der Waals surface area contributed by atoms with Crippen molar-refractivity contribution < 1.29 is 9.59 Å². The first kappa shape index (κ1) is 17.7. The second-order valence-corrected chi connectivity index (χ2v) is 6.59. The Bertz CT molecular complexity index is 463. The van der Waals surface area contributed by atoms with Crippen molar-refractivity contribution in [3.05, 3.63) is 0 Å². The highest BCUT2D eigenvalue weighted by Crippen LogP contribution is 2.19. The number of hydrogen-bond donors (Lipinski definition) is 4. The molecule has 0 aromatic carbocycles. The minimum Gasteiger partial charge on any atom is -0.358 e. The quantitative estimate of drug-likeness (QED) is 0.300. The number of thiocarbonyl (C=S) groups is 2. The predicted molar refractivity (Wildman–Crippen MR) is 93.9 cm³/mol. The number of rotatable bonds is 4. The van der Waals surface area contributed by atoms with Gasteiger partial charge in [-0.2, -0.15) is 0 Å². The molecule has 8 nitrogen and oxygen atoms in total. The van der Waals surface area contributed by atoms with Gasteiger partial charge in [0, 0.05) is 26.2 Å². The molecule has 0 radical (unpaired) electrons. The lowest BCUT2D eigenvalue weighted by Gasteiger charge is -2.23. The summed E-state index contributed by atoms with van der Waals surface area (Å²) in [6.45, 7) is 0. The highest BCUT2D eigenvalue weighted by molar-refractivity contribution is 7.80. The van der Waals surface area contributed by atoms with E-state index < -0.39 is 11.8 Å². The molecule has 0 saturated heterocycles. The number of nitrogens with zero attached hydrogens (tertiary/aromatic N) is 2. The molecule has 4 N–H and O–H groups in total. The van der Waals surface area contributed by atoms with E-state index in [1.165, 1.54) is 10.0 Å². The molecule has 10 heteroatoms. The van der Waals surface area contributed by atoms with Gasteiger partial charge in [0.05, 0.1) is 0 Å². The summed E-state index contributed by atoms with van der Waals surface area (Å²) in [7, 11) is 3.27. The summed E-state index contributed by atoms with van der Waals surface area (Å²) < 4.78 is 0. The van der Waals surface area contributed by atoms with Crippen LogP contribution in [0.1, 0.15) is 32.1 Å². The lowest BCUT2D eigenvalue weighted by atomic mass is 10.4. The number of hydrogen-bond acceptors (Lipinski definition) is 4. The predicted octanol–water partition coefficient (Wildman–Crippen LogP) is -0.624. The maximum Gasteiger partial charge on any atom is 0.248 e. The van der Waals surface area contributed by atoms with Crippen LogP contribution in [0.2, 0.25) is 0 Å². The molecule has 0 heterocycles. The van der Waals surface area contributed by atoms with E-state index in [0.717, 1.165) is 25.7 Å². The number of nitrogens with one attached hydrogen (secondary N) is 4. The Hall–Kier alpha value is -1.68. The van der Waals surface area contributed by atoms with Gasteiger partial charge < -0.3 is 10.6 Å². The first-order valence-corrected chi connectivity index (χ1v) is 8.34. The molecule has 2 rings (SSSR count). The fourth-order valence-electron chi connectivity index (χ4n) is 1.70. The van der Waals surface area contributed by atoms with Gasteiger partial charge >= 0.3 is 0 Å². The Balaban J connectivity index is 1.65. The van der Waals surface area contributed by atoms with Gasteiger partial charge in [0.1, 0.15) is 6.42 Å². The first-order valence-electron chi connectivity index (χ1n) is 7.52. The molecule has 2 fully saturated rings. The standard InChI is InChI=1S/C13H22N6O2S2/c1-18(12(22)14-8-3-4-8)16-10(20)7-11(21)17-19(2)13(23)15-9-5-6-9/h8-9H,3-7H2,1-2H3,(H,14,22)(H,15,23)(H,16,20)(H,17,21). The molecule has 0 unspecified atom stereocenters. The van der Waals surface area contributed by atoms with E-state index >= 15 is 0 Å². The molecule has 2 amide bonds. The van der Waals surface area contributed by atoms with E-state index in [-0.39, 0.29) is 6.42 Å². The summed E-state index contributed by atoms with van der Waals surface area (Å²) in [6.07, 6.45) is 4.04. The van der Waals surface area contributed by atoms with Crippen molar-refractivity contribution in [1.82, 2.24) is 31.5 Å². The van der Waals surface area contributed by atoms with Crippen LogP contribution >= 0.6 is 24.4 Å². The van der Waals surface area contributed by atoms with Gasteiger partial charge in [-0.15, -0.1) is 0 Å². The van der Waals surface area contributed by atoms with Crippen LogP contribution in [0.25, 0.3) is 0 Å². The maximum atomic E-state index is 11.8. The highest BCUT2D eigenvalue weighted by atomic mass is 32.1. The van der Waals surface area contributed by atoms with Crippen LogP contribution in [0.3, 0.4) is 0 Å². The lowest BCUT2D eigenvalue weighted by Crippen LogP contribution is -2.51. The molecule has 0 aromatic rings. The van der Waals surface area contributed by atoms with Gasteiger partial charge in [-0.3, -0.25) is 30.5 Å². The second-order valence-electron chi connectivity index (χ2n) is 5.81. The third kappa shape index (κ3) is 6.53. The van der Waals surface area contributed by atoms with E-state index in [1.807, 2.05) is 0 Å². The van der Waals surface area contributed by atoms with Crippen LogP contribution in [-0.4, -0.2) is 58.2 Å². The van der Waals surface area contributed by atoms with Crippen LogP contribution in [0, 0.1) is 0 Å². The zero-order chi connectivity index (χ0) is 17.0. The van der Waals surface area contributed by atoms with Gasteiger partial charge in [0.15, 0.2) is 10.2 Å². The Morgan fingerprint density at radius 1 is 0.870 bits per heavy atom. The van der Waals surface area contributed by atoms with Gasteiger partial charge in [-0.1, -0.05) is 0 Å². The Labute approximate surface area is 146 Å². The summed E-state index contributed by atoms with van der Waals surface area (Å²) in [5.41, 5.74) is 5.10. The number of hydrazine groups is 2. The topological polar surface area (TPSA) is 88.7 Å². The maximum absolute atomic E-state index is 11.8. The van der Waals surface area contributed by atoms with Gasteiger partial charge in [-0.25, -0.2) is 0 Å². The zero-order valence-corrected chi connectivity index (χ0v) is 14.9. The van der Waals surface area contributed by atoms with Crippen molar-refractivity contribution >= 4 is 46.5 Å². The third-order valence-corrected chi connectivity index (χ3v) is 4.11. The summed E-state index contributed by atoms with van der Waals surface area (Å²) in [5, 5.41) is 9.88. The molecule has 0 bridgehead atoms. The van der Waals surface area contributed by atoms with Crippen LogP contribution in [0.4, 0.5) is 0 Å². The van der Waals surface area contributed by atoms with E-state index in [4.69, 9.17) is 24.4 Å². The Morgan fingerprint density at radius 3 is 1.52 bits per heavy atom. The number of carbonyl (C=O) groups is 2. The molecule has 128 valence electrons.